The molecule has 0 saturated carbocycles. The van der Waals surface area contributed by atoms with Gasteiger partial charge in [-0.25, -0.2) is 0 Å². The van der Waals surface area contributed by atoms with E-state index in [1.807, 2.05) is 55.7 Å². The van der Waals surface area contributed by atoms with Crippen molar-refractivity contribution < 1.29 is 4.79 Å². The minimum absolute atomic E-state index is 0.190. The molecule has 1 rings (SSSR count). The molecule has 2 nitrogen and oxygen atoms in total. The molecule has 0 bridgehead atoms. The van der Waals surface area contributed by atoms with Gasteiger partial charge in [0.1, 0.15) is 10.4 Å². The Bertz CT molecular complexity index is 316. The third kappa shape index (κ3) is 2.45. The first kappa shape index (κ1) is 11.0. The van der Waals surface area contributed by atoms with E-state index < -0.39 is 0 Å². The van der Waals surface area contributed by atoms with Gasteiger partial charge in [-0.2, -0.15) is 0 Å². The number of hydrogen-bond donors (Lipinski definition) is 0. The Kier molecular flexibility index (Phi) is 3.11. The molecule has 0 N–H and O–H groups in total. The minimum atomic E-state index is -0.294. The second-order valence-electron chi connectivity index (χ2n) is 4.45. The van der Waals surface area contributed by atoms with E-state index in [4.69, 9.17) is 0 Å². The zero-order chi connectivity index (χ0) is 10.8. The largest absolute Gasteiger partial charge is 0.349 e. The Labute approximate surface area is 88.4 Å². The molecule has 14 heavy (non-hydrogen) atoms. The fourth-order valence-electron chi connectivity index (χ4n) is 1.27. The first-order chi connectivity index (χ1) is 6.43. The third-order valence-corrected chi connectivity index (χ3v) is 3.01. The van der Waals surface area contributed by atoms with E-state index in [0.717, 1.165) is 16.1 Å². The molecule has 1 amide bonds. The molecule has 0 radical (unpaired) electrons. The normalized spacial score (nSPS) is 11.4. The maximum Gasteiger partial charge on any atom is 0.223 e. The molecule has 0 atom stereocenters. The van der Waals surface area contributed by atoms with Gasteiger partial charge in [0.25, 0.3) is 0 Å². The Balaban J connectivity index is 2.87. The summed E-state index contributed by atoms with van der Waals surface area (Å²) in [7, 11) is 0.725. The summed E-state index contributed by atoms with van der Waals surface area (Å²) in [5, 5.41) is 0. The number of nitrogens with zero attached hydrogens (tertiary/aromatic N) is 1. The molecule has 0 unspecified atom stereocenters. The SMILES string of the molecule is CC(C)(C)C(=O)N([SiH3])c1ccccc1. The molecule has 0 aliphatic heterocycles. The number of rotatable bonds is 1. The van der Waals surface area contributed by atoms with Crippen molar-refractivity contribution in [3.8, 4) is 0 Å². The monoisotopic (exact) mass is 207 g/mol. The van der Waals surface area contributed by atoms with Crippen molar-refractivity contribution in [3.05, 3.63) is 30.3 Å². The highest BCUT2D eigenvalue weighted by molar-refractivity contribution is 6.31. The summed E-state index contributed by atoms with van der Waals surface area (Å²) in [6, 6.07) is 9.81. The van der Waals surface area contributed by atoms with Gasteiger partial charge in [0.2, 0.25) is 5.91 Å². The number of carbonyl (C=O) groups excluding carboxylic acids is 1. The van der Waals surface area contributed by atoms with Crippen LogP contribution >= 0.6 is 0 Å². The van der Waals surface area contributed by atoms with E-state index in [-0.39, 0.29) is 11.3 Å². The topological polar surface area (TPSA) is 20.3 Å². The fourth-order valence-corrected chi connectivity index (χ4v) is 2.24. The zero-order valence-corrected chi connectivity index (χ0v) is 11.2. The average molecular weight is 207 g/mol. The van der Waals surface area contributed by atoms with E-state index in [2.05, 4.69) is 0 Å². The van der Waals surface area contributed by atoms with E-state index in [0.29, 0.717) is 0 Å². The Morgan fingerprint density at radius 1 is 1.21 bits per heavy atom. The molecule has 1 aromatic carbocycles. The van der Waals surface area contributed by atoms with E-state index in [1.165, 1.54) is 0 Å². The van der Waals surface area contributed by atoms with Gasteiger partial charge < -0.3 is 4.57 Å². The lowest BCUT2D eigenvalue weighted by molar-refractivity contribution is -0.124. The number of hydrogen-bond acceptors (Lipinski definition) is 1. The van der Waals surface area contributed by atoms with Crippen molar-refractivity contribution >= 4 is 22.0 Å². The lowest BCUT2D eigenvalue weighted by Gasteiger charge is -2.26. The maximum atomic E-state index is 11.9. The van der Waals surface area contributed by atoms with Crippen LogP contribution in [0.2, 0.25) is 0 Å². The van der Waals surface area contributed by atoms with Gasteiger partial charge in [-0.15, -0.1) is 0 Å². The third-order valence-electron chi connectivity index (χ3n) is 2.09. The van der Waals surface area contributed by atoms with Crippen LogP contribution in [0.3, 0.4) is 0 Å². The van der Waals surface area contributed by atoms with E-state index >= 15 is 0 Å². The maximum absolute atomic E-state index is 11.9. The second kappa shape index (κ2) is 3.96. The molecule has 1 aromatic rings. The summed E-state index contributed by atoms with van der Waals surface area (Å²) in [6.45, 7) is 5.84. The molecule has 76 valence electrons. The lowest BCUT2D eigenvalue weighted by atomic mass is 9.95. The quantitative estimate of drug-likeness (QED) is 0.637. The van der Waals surface area contributed by atoms with Crippen LogP contribution in [0.5, 0.6) is 0 Å². The standard InChI is InChI=1S/C11H17NOSi/c1-11(2,3)10(13)12(14)9-7-5-4-6-8-9/h4-8H,1-3,14H3. The molecule has 0 fully saturated rings. The predicted molar refractivity (Wildman–Crippen MR) is 63.3 cm³/mol. The van der Waals surface area contributed by atoms with Gasteiger partial charge in [-0.1, -0.05) is 39.0 Å². The minimum Gasteiger partial charge on any atom is -0.349 e. The average Bonchev–Trinajstić information content (AvgIpc) is 2.15. The van der Waals surface area contributed by atoms with Crippen molar-refractivity contribution in [1.29, 1.82) is 0 Å². The molecule has 0 aliphatic rings. The molecular formula is C11H17NOSi. The van der Waals surface area contributed by atoms with Crippen LogP contribution in [-0.2, 0) is 4.79 Å². The summed E-state index contributed by atoms with van der Waals surface area (Å²) in [5.41, 5.74) is 0.705. The van der Waals surface area contributed by atoms with Crippen molar-refractivity contribution in [2.75, 3.05) is 4.57 Å². The highest BCUT2D eigenvalue weighted by Crippen LogP contribution is 2.20. The number of anilines is 1. The number of para-hydroxylation sites is 1. The highest BCUT2D eigenvalue weighted by Gasteiger charge is 2.24. The van der Waals surface area contributed by atoms with Crippen molar-refractivity contribution in [1.82, 2.24) is 0 Å². The van der Waals surface area contributed by atoms with Crippen LogP contribution in [0.15, 0.2) is 30.3 Å². The summed E-state index contributed by atoms with van der Waals surface area (Å²) in [4.78, 5) is 11.9. The first-order valence-electron chi connectivity index (χ1n) is 4.76. The first-order valence-corrected chi connectivity index (χ1v) is 5.65. The number of benzene rings is 1. The Morgan fingerprint density at radius 3 is 2.14 bits per heavy atom. The van der Waals surface area contributed by atoms with Crippen molar-refractivity contribution in [2.45, 2.75) is 20.8 Å². The fraction of sp³-hybridized carbons (Fsp3) is 0.364. The number of carbonyl (C=O) groups is 1. The summed E-state index contributed by atoms with van der Waals surface area (Å²) < 4.78 is 1.83. The zero-order valence-electron chi connectivity index (χ0n) is 9.24. The summed E-state index contributed by atoms with van der Waals surface area (Å²) in [6.07, 6.45) is 0. The van der Waals surface area contributed by atoms with Crippen molar-refractivity contribution in [3.63, 3.8) is 0 Å². The van der Waals surface area contributed by atoms with Gasteiger partial charge in [-0.05, 0) is 12.1 Å². The van der Waals surface area contributed by atoms with Crippen LogP contribution in [-0.4, -0.2) is 16.3 Å². The van der Waals surface area contributed by atoms with Crippen molar-refractivity contribution in [2.24, 2.45) is 5.41 Å². The molecule has 0 spiro atoms. The van der Waals surface area contributed by atoms with Crippen LogP contribution < -0.4 is 4.57 Å². The number of amides is 1. The van der Waals surface area contributed by atoms with Gasteiger partial charge >= 0.3 is 0 Å². The van der Waals surface area contributed by atoms with E-state index in [1.54, 1.807) is 0 Å². The molecule has 0 aliphatic carbocycles. The Hall–Kier alpha value is -1.09. The summed E-state index contributed by atoms with van der Waals surface area (Å²) in [5.74, 6) is 0.190. The molecule has 3 heteroatoms. The van der Waals surface area contributed by atoms with Crippen LogP contribution in [0.1, 0.15) is 20.8 Å². The Morgan fingerprint density at radius 2 is 1.71 bits per heavy atom. The smallest absolute Gasteiger partial charge is 0.223 e. The van der Waals surface area contributed by atoms with E-state index in [9.17, 15) is 4.79 Å². The lowest BCUT2D eigenvalue weighted by Crippen LogP contribution is -2.37. The molecule has 0 heterocycles. The highest BCUT2D eigenvalue weighted by atomic mass is 28.2. The van der Waals surface area contributed by atoms with Gasteiger partial charge in [0, 0.05) is 11.1 Å². The molecular weight excluding hydrogens is 190 g/mol. The van der Waals surface area contributed by atoms with Gasteiger partial charge in [0.15, 0.2) is 0 Å². The van der Waals surface area contributed by atoms with Gasteiger partial charge in [0.05, 0.1) is 0 Å². The molecule has 0 aromatic heterocycles. The van der Waals surface area contributed by atoms with Crippen LogP contribution in [0.4, 0.5) is 5.69 Å². The summed E-state index contributed by atoms with van der Waals surface area (Å²) >= 11 is 0. The van der Waals surface area contributed by atoms with Gasteiger partial charge in [-0.3, -0.25) is 4.79 Å². The second-order valence-corrected chi connectivity index (χ2v) is 5.34. The molecule has 0 saturated heterocycles. The van der Waals surface area contributed by atoms with Crippen LogP contribution in [0.25, 0.3) is 0 Å². The van der Waals surface area contributed by atoms with Crippen LogP contribution in [0, 0.1) is 5.41 Å². The predicted octanol–water partition coefficient (Wildman–Crippen LogP) is 1.35.